The van der Waals surface area contributed by atoms with E-state index in [4.69, 9.17) is 21.8 Å². The summed E-state index contributed by atoms with van der Waals surface area (Å²) in [5, 5.41) is 24.5. The lowest BCUT2D eigenvalue weighted by atomic mass is 9.90. The number of hydrogen-bond acceptors (Lipinski definition) is 9. The van der Waals surface area contributed by atoms with Crippen LogP contribution >= 0.6 is 11.6 Å². The number of benzene rings is 1. The van der Waals surface area contributed by atoms with E-state index in [-0.39, 0.29) is 30.2 Å². The number of nitrogens with zero attached hydrogens (tertiary/aromatic N) is 5. The molecular formula is C22H23ClFN7O4. The molecule has 4 N–H and O–H groups in total. The quantitative estimate of drug-likeness (QED) is 0.340. The van der Waals surface area contributed by atoms with E-state index < -0.39 is 17.8 Å². The van der Waals surface area contributed by atoms with Crippen LogP contribution in [0.3, 0.4) is 0 Å². The maximum Gasteiger partial charge on any atom is 0.317 e. The number of carboxylic acid groups (broad SMARTS) is 2. The first-order valence-electron chi connectivity index (χ1n) is 10.9. The molecular weight excluding hydrogens is 481 g/mol. The van der Waals surface area contributed by atoms with E-state index in [2.05, 4.69) is 30.6 Å². The van der Waals surface area contributed by atoms with E-state index in [1.807, 2.05) is 0 Å². The van der Waals surface area contributed by atoms with Crippen LogP contribution in [0.4, 0.5) is 21.8 Å². The fourth-order valence-corrected chi connectivity index (χ4v) is 4.34. The molecule has 3 aromatic rings. The monoisotopic (exact) mass is 503 g/mol. The number of nitrogens with one attached hydrogen (secondary N) is 2. The minimum absolute atomic E-state index is 0.0220. The topological polar surface area (TPSA) is 153 Å². The highest BCUT2D eigenvalue weighted by Crippen LogP contribution is 2.27. The molecule has 0 radical (unpaired) electrons. The van der Waals surface area contributed by atoms with Crippen molar-refractivity contribution in [3.8, 4) is 0 Å². The zero-order valence-electron chi connectivity index (χ0n) is 18.5. The summed E-state index contributed by atoms with van der Waals surface area (Å²) in [7, 11) is 0. The van der Waals surface area contributed by atoms with E-state index in [1.54, 1.807) is 6.20 Å². The zero-order valence-corrected chi connectivity index (χ0v) is 19.2. The van der Waals surface area contributed by atoms with E-state index in [9.17, 15) is 14.0 Å². The van der Waals surface area contributed by atoms with Crippen LogP contribution in [-0.2, 0) is 9.59 Å². The summed E-state index contributed by atoms with van der Waals surface area (Å²) in [5.41, 5.74) is 1.52. The highest BCUT2D eigenvalue weighted by molar-refractivity contribution is 6.31. The van der Waals surface area contributed by atoms with Crippen LogP contribution in [0, 0.1) is 5.82 Å². The molecule has 2 heterocycles. The first-order chi connectivity index (χ1) is 16.8. The molecule has 2 aromatic heterocycles. The van der Waals surface area contributed by atoms with Gasteiger partial charge in [0.05, 0.1) is 24.3 Å². The van der Waals surface area contributed by atoms with Crippen molar-refractivity contribution in [2.24, 2.45) is 0 Å². The Morgan fingerprint density at radius 3 is 2.46 bits per heavy atom. The number of hydrogen-bond donors (Lipinski definition) is 4. The van der Waals surface area contributed by atoms with Gasteiger partial charge in [-0.2, -0.15) is 0 Å². The van der Waals surface area contributed by atoms with Crippen LogP contribution in [0.5, 0.6) is 0 Å². The van der Waals surface area contributed by atoms with Crippen molar-refractivity contribution in [1.29, 1.82) is 0 Å². The van der Waals surface area contributed by atoms with Crippen LogP contribution < -0.4 is 10.6 Å². The van der Waals surface area contributed by atoms with Crippen LogP contribution in [0.25, 0.3) is 11.0 Å². The molecule has 1 fully saturated rings. The summed E-state index contributed by atoms with van der Waals surface area (Å²) in [5.74, 6) is -1.84. The second-order valence-corrected chi connectivity index (χ2v) is 8.65. The van der Waals surface area contributed by atoms with Crippen LogP contribution in [-0.4, -0.2) is 72.2 Å². The van der Waals surface area contributed by atoms with E-state index >= 15 is 0 Å². The Morgan fingerprint density at radius 1 is 1.09 bits per heavy atom. The molecule has 184 valence electrons. The van der Waals surface area contributed by atoms with Gasteiger partial charge in [-0.25, -0.2) is 24.3 Å². The van der Waals surface area contributed by atoms with E-state index in [0.717, 1.165) is 0 Å². The normalized spacial score (nSPS) is 17.9. The maximum atomic E-state index is 13.5. The van der Waals surface area contributed by atoms with Crippen molar-refractivity contribution in [1.82, 2.24) is 24.8 Å². The van der Waals surface area contributed by atoms with Gasteiger partial charge in [0.1, 0.15) is 23.2 Å². The second kappa shape index (κ2) is 10.7. The third-order valence-corrected chi connectivity index (χ3v) is 6.07. The number of rotatable bonds is 9. The van der Waals surface area contributed by atoms with Gasteiger partial charge in [-0.05, 0) is 43.9 Å². The number of fused-ring (bicyclic) bond motifs is 1. The first-order valence-corrected chi connectivity index (χ1v) is 11.3. The standard InChI is InChI=1S/C22H23ClFN7O4/c23-15-7-13(3-6-16(15)24)28-21-20-17(26-11-27-21)8-25-22(30-20)29-12-1-4-14(5-2-12)31(9-18(32)33)10-19(34)35/h3,6-8,11-12,14H,1-2,4-5,9-10H2,(H,32,33)(H,34,35)(H,25,29,30)(H,26,27,28)/t12-,14-. The Labute approximate surface area is 204 Å². The molecule has 35 heavy (non-hydrogen) atoms. The molecule has 0 bridgehead atoms. The average Bonchev–Trinajstić information content (AvgIpc) is 2.81. The third kappa shape index (κ3) is 6.28. The molecule has 0 amide bonds. The molecule has 13 heteroatoms. The van der Waals surface area contributed by atoms with Crippen molar-refractivity contribution in [2.75, 3.05) is 23.7 Å². The number of halogens is 2. The smallest absolute Gasteiger partial charge is 0.317 e. The van der Waals surface area contributed by atoms with Crippen molar-refractivity contribution in [3.05, 3.63) is 41.6 Å². The lowest BCUT2D eigenvalue weighted by molar-refractivity contribution is -0.143. The van der Waals surface area contributed by atoms with Crippen molar-refractivity contribution < 1.29 is 24.2 Å². The molecule has 1 aromatic carbocycles. The summed E-state index contributed by atoms with van der Waals surface area (Å²) in [6.45, 7) is -0.615. The number of aliphatic carboxylic acids is 2. The Hall–Kier alpha value is -3.64. The fraction of sp³-hybridized carbons (Fsp3) is 0.364. The molecule has 0 aliphatic heterocycles. The van der Waals surface area contributed by atoms with Gasteiger partial charge in [0, 0.05) is 17.8 Å². The van der Waals surface area contributed by atoms with Crippen LogP contribution in [0.2, 0.25) is 5.02 Å². The predicted molar refractivity (Wildman–Crippen MR) is 126 cm³/mol. The van der Waals surface area contributed by atoms with Gasteiger partial charge in [0.25, 0.3) is 0 Å². The number of anilines is 3. The van der Waals surface area contributed by atoms with E-state index in [1.165, 1.54) is 29.4 Å². The minimum atomic E-state index is -1.05. The van der Waals surface area contributed by atoms with Gasteiger partial charge >= 0.3 is 11.9 Å². The molecule has 1 saturated carbocycles. The van der Waals surface area contributed by atoms with Gasteiger partial charge in [0.2, 0.25) is 5.95 Å². The fourth-order valence-electron chi connectivity index (χ4n) is 4.16. The Kier molecular flexibility index (Phi) is 7.51. The summed E-state index contributed by atoms with van der Waals surface area (Å²) in [6.07, 6.45) is 5.63. The summed E-state index contributed by atoms with van der Waals surface area (Å²) in [4.78, 5) is 41.0. The van der Waals surface area contributed by atoms with Gasteiger partial charge in [-0.15, -0.1) is 0 Å². The number of carbonyl (C=O) groups is 2. The summed E-state index contributed by atoms with van der Waals surface area (Å²) < 4.78 is 13.5. The highest BCUT2D eigenvalue weighted by atomic mass is 35.5. The lowest BCUT2D eigenvalue weighted by Crippen LogP contribution is -2.45. The molecule has 0 unspecified atom stereocenters. The molecule has 0 saturated heterocycles. The minimum Gasteiger partial charge on any atom is -0.480 e. The molecule has 1 aliphatic rings. The molecule has 0 spiro atoms. The third-order valence-electron chi connectivity index (χ3n) is 5.78. The largest absolute Gasteiger partial charge is 0.480 e. The maximum absolute atomic E-state index is 13.5. The second-order valence-electron chi connectivity index (χ2n) is 8.25. The Bertz CT molecular complexity index is 1220. The van der Waals surface area contributed by atoms with Gasteiger partial charge in [-0.1, -0.05) is 11.6 Å². The van der Waals surface area contributed by atoms with Gasteiger partial charge in [-0.3, -0.25) is 14.5 Å². The first kappa shape index (κ1) is 24.5. The highest BCUT2D eigenvalue weighted by Gasteiger charge is 2.28. The Morgan fingerprint density at radius 2 is 1.80 bits per heavy atom. The Balaban J connectivity index is 1.44. The average molecular weight is 504 g/mol. The van der Waals surface area contributed by atoms with Gasteiger partial charge < -0.3 is 20.8 Å². The van der Waals surface area contributed by atoms with E-state index in [0.29, 0.717) is 54.2 Å². The van der Waals surface area contributed by atoms with Crippen LogP contribution in [0.15, 0.2) is 30.7 Å². The summed E-state index contributed by atoms with van der Waals surface area (Å²) in [6, 6.07) is 4.15. The molecule has 1 aliphatic carbocycles. The van der Waals surface area contributed by atoms with Crippen molar-refractivity contribution in [2.45, 2.75) is 37.8 Å². The SMILES string of the molecule is O=C(O)CN(CC(=O)O)[C@H]1CC[C@H](Nc2ncc3ncnc(Nc4ccc(F)c(Cl)c4)c3n2)CC1. The summed E-state index contributed by atoms with van der Waals surface area (Å²) >= 11 is 5.87. The predicted octanol–water partition coefficient (Wildman–Crippen LogP) is 3.15. The van der Waals surface area contributed by atoms with Crippen molar-refractivity contribution >= 4 is 52.0 Å². The number of carboxylic acids is 2. The van der Waals surface area contributed by atoms with Crippen molar-refractivity contribution in [3.63, 3.8) is 0 Å². The number of aromatic nitrogens is 4. The van der Waals surface area contributed by atoms with Crippen LogP contribution in [0.1, 0.15) is 25.7 Å². The van der Waals surface area contributed by atoms with Gasteiger partial charge in [0.15, 0.2) is 5.82 Å². The molecule has 0 atom stereocenters. The molecule has 4 rings (SSSR count). The lowest BCUT2D eigenvalue weighted by Gasteiger charge is -2.35. The zero-order chi connectivity index (χ0) is 24.9. The molecule has 11 nitrogen and oxygen atoms in total.